The van der Waals surface area contributed by atoms with Crippen LogP contribution in [0, 0.1) is 0 Å². The van der Waals surface area contributed by atoms with Gasteiger partial charge in [0.2, 0.25) is 0 Å². The summed E-state index contributed by atoms with van der Waals surface area (Å²) in [6.45, 7) is 0. The van der Waals surface area contributed by atoms with Crippen molar-refractivity contribution in [3.05, 3.63) is 52.0 Å². The van der Waals surface area contributed by atoms with Gasteiger partial charge in [-0.05, 0) is 12.1 Å². The lowest BCUT2D eigenvalue weighted by molar-refractivity contribution is 1.12. The quantitative estimate of drug-likeness (QED) is 0.668. The molecule has 0 aliphatic rings. The van der Waals surface area contributed by atoms with Crippen LogP contribution < -0.4 is 0 Å². The highest BCUT2D eigenvalue weighted by molar-refractivity contribution is 6.43. The van der Waals surface area contributed by atoms with Crippen LogP contribution in [-0.2, 0) is 0 Å². The molecule has 0 atom stereocenters. The molecule has 0 fully saturated rings. The zero-order chi connectivity index (χ0) is 12.7. The van der Waals surface area contributed by atoms with Gasteiger partial charge in [0.05, 0.1) is 16.2 Å². The van der Waals surface area contributed by atoms with Gasteiger partial charge in [0.15, 0.2) is 5.15 Å². The minimum atomic E-state index is 0.398. The third kappa shape index (κ3) is 1.75. The summed E-state index contributed by atoms with van der Waals surface area (Å²) in [6, 6.07) is 5.42. The zero-order valence-electron chi connectivity index (χ0n) is 8.94. The molecule has 3 aromatic rings. The van der Waals surface area contributed by atoms with Crippen LogP contribution in [0.2, 0.25) is 15.2 Å². The van der Waals surface area contributed by atoms with E-state index in [-0.39, 0.29) is 0 Å². The molecule has 18 heavy (non-hydrogen) atoms. The van der Waals surface area contributed by atoms with Gasteiger partial charge in [0.1, 0.15) is 11.3 Å². The molecule has 0 aliphatic heterocycles. The van der Waals surface area contributed by atoms with Crippen LogP contribution in [0.25, 0.3) is 16.9 Å². The third-order valence-corrected chi connectivity index (χ3v) is 3.71. The van der Waals surface area contributed by atoms with Crippen LogP contribution in [-0.4, -0.2) is 14.4 Å². The maximum Gasteiger partial charge on any atom is 0.154 e. The van der Waals surface area contributed by atoms with Crippen LogP contribution in [0.4, 0.5) is 0 Å². The van der Waals surface area contributed by atoms with Gasteiger partial charge >= 0.3 is 0 Å². The molecule has 0 saturated carbocycles. The van der Waals surface area contributed by atoms with Crippen LogP contribution in [0.1, 0.15) is 0 Å². The Hall–Kier alpha value is -1.29. The average molecular weight is 299 g/mol. The molecule has 3 nitrogen and oxygen atoms in total. The first-order chi connectivity index (χ1) is 8.68. The summed E-state index contributed by atoms with van der Waals surface area (Å²) in [4.78, 5) is 8.32. The van der Waals surface area contributed by atoms with Gasteiger partial charge < -0.3 is 0 Å². The molecule has 2 heterocycles. The van der Waals surface area contributed by atoms with Crippen molar-refractivity contribution >= 4 is 40.3 Å². The van der Waals surface area contributed by atoms with E-state index in [4.69, 9.17) is 34.8 Å². The van der Waals surface area contributed by atoms with Crippen molar-refractivity contribution in [3.8, 4) is 11.4 Å². The van der Waals surface area contributed by atoms with E-state index in [1.807, 2.05) is 16.5 Å². The first-order valence-electron chi connectivity index (χ1n) is 5.10. The fraction of sp³-hybridized carbons (Fsp3) is 0. The van der Waals surface area contributed by atoms with E-state index < -0.39 is 0 Å². The maximum absolute atomic E-state index is 6.19. The van der Waals surface area contributed by atoms with Crippen LogP contribution >= 0.6 is 34.8 Å². The molecular weight excluding hydrogens is 293 g/mol. The van der Waals surface area contributed by atoms with E-state index in [9.17, 15) is 0 Å². The van der Waals surface area contributed by atoms with Crippen molar-refractivity contribution in [1.29, 1.82) is 0 Å². The molecule has 6 heteroatoms. The second-order valence-electron chi connectivity index (χ2n) is 3.66. The molecule has 0 spiro atoms. The lowest BCUT2D eigenvalue weighted by atomic mass is 10.2. The molecule has 3 rings (SSSR count). The van der Waals surface area contributed by atoms with Crippen molar-refractivity contribution in [2.75, 3.05) is 0 Å². The molecule has 0 unspecified atom stereocenters. The number of fused-ring (bicyclic) bond motifs is 1. The Morgan fingerprint density at radius 2 is 1.89 bits per heavy atom. The van der Waals surface area contributed by atoms with Crippen molar-refractivity contribution in [1.82, 2.24) is 14.4 Å². The van der Waals surface area contributed by atoms with Gasteiger partial charge in [-0.15, -0.1) is 0 Å². The van der Waals surface area contributed by atoms with E-state index in [0.29, 0.717) is 21.0 Å². The summed E-state index contributed by atoms with van der Waals surface area (Å²) in [5.41, 5.74) is 1.48. The van der Waals surface area contributed by atoms with E-state index >= 15 is 0 Å². The van der Waals surface area contributed by atoms with Crippen LogP contribution in [0.3, 0.4) is 0 Å². The van der Waals surface area contributed by atoms with E-state index in [1.165, 1.54) is 0 Å². The maximum atomic E-state index is 6.19. The number of benzene rings is 1. The Bertz CT molecular complexity index is 737. The van der Waals surface area contributed by atoms with E-state index in [2.05, 4.69) is 9.97 Å². The Morgan fingerprint density at radius 3 is 2.72 bits per heavy atom. The molecule has 0 radical (unpaired) electrons. The Morgan fingerprint density at radius 1 is 1.06 bits per heavy atom. The highest BCUT2D eigenvalue weighted by Gasteiger charge is 2.13. The first-order valence-corrected chi connectivity index (χ1v) is 6.24. The van der Waals surface area contributed by atoms with Gasteiger partial charge in [0.25, 0.3) is 0 Å². The molecule has 2 aromatic heterocycles. The average Bonchev–Trinajstić information content (AvgIpc) is 2.78. The summed E-state index contributed by atoms with van der Waals surface area (Å²) in [7, 11) is 0. The Kier molecular flexibility index (Phi) is 2.90. The smallest absolute Gasteiger partial charge is 0.154 e. The van der Waals surface area contributed by atoms with Gasteiger partial charge in [0, 0.05) is 18.0 Å². The minimum Gasteiger partial charge on any atom is -0.295 e. The SMILES string of the molecule is Clc1cccc(-c2ncc3c(Cl)nccn23)c1Cl. The number of aromatic nitrogens is 3. The fourth-order valence-corrected chi connectivity index (χ4v) is 2.35. The number of halogens is 3. The predicted octanol–water partition coefficient (Wildman–Crippen LogP) is 4.36. The minimum absolute atomic E-state index is 0.398. The molecule has 0 bridgehead atoms. The van der Waals surface area contributed by atoms with Gasteiger partial charge in [-0.1, -0.05) is 40.9 Å². The molecule has 1 aromatic carbocycles. The number of rotatable bonds is 1. The number of hydrogen-bond acceptors (Lipinski definition) is 2. The van der Waals surface area contributed by atoms with Gasteiger partial charge in [-0.3, -0.25) is 4.40 Å². The normalized spacial score (nSPS) is 11.1. The molecular formula is C12H6Cl3N3. The summed E-state index contributed by atoms with van der Waals surface area (Å²) >= 11 is 18.2. The van der Waals surface area contributed by atoms with Gasteiger partial charge in [-0.2, -0.15) is 0 Å². The molecule has 0 amide bonds. The van der Waals surface area contributed by atoms with Crippen LogP contribution in [0.15, 0.2) is 36.8 Å². The Labute approximate surface area is 118 Å². The van der Waals surface area contributed by atoms with E-state index in [0.717, 1.165) is 11.1 Å². The number of nitrogens with zero attached hydrogens (tertiary/aromatic N) is 3. The topological polar surface area (TPSA) is 30.2 Å². The summed E-state index contributed by atoms with van der Waals surface area (Å²) in [5.74, 6) is 0.682. The van der Waals surface area contributed by atoms with Crippen molar-refractivity contribution in [2.45, 2.75) is 0 Å². The zero-order valence-corrected chi connectivity index (χ0v) is 11.2. The van der Waals surface area contributed by atoms with Crippen LogP contribution in [0.5, 0.6) is 0 Å². The lowest BCUT2D eigenvalue weighted by Gasteiger charge is -2.05. The number of hydrogen-bond donors (Lipinski definition) is 0. The molecule has 90 valence electrons. The van der Waals surface area contributed by atoms with Crippen molar-refractivity contribution in [3.63, 3.8) is 0 Å². The molecule has 0 saturated heterocycles. The standard InChI is InChI=1S/C12H6Cl3N3/c13-8-3-1-2-7(10(8)14)12-17-6-9-11(15)16-4-5-18(9)12/h1-6H. The molecule has 0 N–H and O–H groups in total. The van der Waals surface area contributed by atoms with Crippen molar-refractivity contribution < 1.29 is 0 Å². The fourth-order valence-electron chi connectivity index (χ4n) is 1.77. The van der Waals surface area contributed by atoms with E-state index in [1.54, 1.807) is 24.7 Å². The lowest BCUT2D eigenvalue weighted by Crippen LogP contribution is -1.91. The summed E-state index contributed by atoms with van der Waals surface area (Å²) in [5, 5.41) is 1.36. The highest BCUT2D eigenvalue weighted by atomic mass is 35.5. The highest BCUT2D eigenvalue weighted by Crippen LogP contribution is 2.33. The summed E-state index contributed by atoms with van der Waals surface area (Å²) in [6.07, 6.45) is 5.04. The second kappa shape index (κ2) is 4.43. The van der Waals surface area contributed by atoms with Gasteiger partial charge in [-0.25, -0.2) is 9.97 Å². The number of imidazole rings is 1. The Balaban J connectivity index is 2.33. The molecule has 0 aliphatic carbocycles. The first kappa shape index (κ1) is 11.8. The second-order valence-corrected chi connectivity index (χ2v) is 4.80. The summed E-state index contributed by atoms with van der Waals surface area (Å²) < 4.78 is 1.83. The van der Waals surface area contributed by atoms with Crippen molar-refractivity contribution in [2.24, 2.45) is 0 Å². The monoisotopic (exact) mass is 297 g/mol. The predicted molar refractivity (Wildman–Crippen MR) is 73.5 cm³/mol. The largest absolute Gasteiger partial charge is 0.295 e. The third-order valence-electron chi connectivity index (χ3n) is 2.60.